The second-order valence-electron chi connectivity index (χ2n) is 2.08. The lowest BCUT2D eigenvalue weighted by molar-refractivity contribution is -0.114. The Hall–Kier alpha value is -1.45. The Labute approximate surface area is 64.5 Å². The number of carbonyl (C=O) groups is 1. The molecule has 1 rings (SSSR count). The number of primary amides is 1. The molecule has 0 radical (unpaired) electrons. The number of nitrogens with two attached hydrogens (primary N) is 1. The molecular weight excluding hydrogens is 142 g/mol. The predicted octanol–water partition coefficient (Wildman–Crippen LogP) is -0.447. The summed E-state index contributed by atoms with van der Waals surface area (Å²) in [6.45, 7) is 1.28. The first-order valence-corrected chi connectivity index (χ1v) is 3.30. The van der Waals surface area contributed by atoms with Crippen molar-refractivity contribution in [3.63, 3.8) is 0 Å². The van der Waals surface area contributed by atoms with Crippen LogP contribution >= 0.6 is 0 Å². The minimum absolute atomic E-state index is 0.397. The molecule has 4 nitrogen and oxygen atoms in total. The van der Waals surface area contributed by atoms with Gasteiger partial charge in [0.15, 0.2) is 0 Å². The Kier molecular flexibility index (Phi) is 2.54. The molecule has 0 spiro atoms. The fourth-order valence-corrected chi connectivity index (χ4v) is 0.675. The number of nitrogens with zero attached hydrogens (tertiary/aromatic N) is 2. The monoisotopic (exact) mass is 151 g/mol. The lowest BCUT2D eigenvalue weighted by atomic mass is 10.2. The summed E-state index contributed by atoms with van der Waals surface area (Å²) in [4.78, 5) is 18.5. The molecule has 0 unspecified atom stereocenters. The van der Waals surface area contributed by atoms with Crippen LogP contribution in [0.5, 0.6) is 0 Å². The minimum Gasteiger partial charge on any atom is -0.366 e. The fourth-order valence-electron chi connectivity index (χ4n) is 0.675. The summed E-state index contributed by atoms with van der Waals surface area (Å²) in [7, 11) is 0. The average molecular weight is 151 g/mol. The minimum atomic E-state index is -0.470. The summed E-state index contributed by atoms with van der Waals surface area (Å²) in [5.41, 5.74) is 5.42. The summed E-state index contributed by atoms with van der Waals surface area (Å²) in [6, 6.07) is 0. The highest BCUT2D eigenvalue weighted by molar-refractivity contribution is 6.13. The van der Waals surface area contributed by atoms with Crippen LogP contribution in [0.3, 0.4) is 0 Å². The van der Waals surface area contributed by atoms with Crippen LogP contribution in [-0.2, 0) is 4.79 Å². The SMILES string of the molecule is NC(=O)C1=CC=NCCN=C1. The first-order chi connectivity index (χ1) is 5.30. The highest BCUT2D eigenvalue weighted by Gasteiger charge is 1.99. The van der Waals surface area contributed by atoms with E-state index < -0.39 is 5.91 Å². The maximum atomic E-state index is 10.6. The number of allylic oxidation sites excluding steroid dienone is 1. The Morgan fingerprint density at radius 1 is 1.45 bits per heavy atom. The molecule has 4 heteroatoms. The zero-order valence-corrected chi connectivity index (χ0v) is 6.03. The molecule has 0 aromatic rings. The van der Waals surface area contributed by atoms with Gasteiger partial charge in [-0.05, 0) is 6.08 Å². The van der Waals surface area contributed by atoms with Crippen molar-refractivity contribution in [2.45, 2.75) is 0 Å². The predicted molar refractivity (Wildman–Crippen MR) is 44.0 cm³/mol. The van der Waals surface area contributed by atoms with Crippen LogP contribution in [0.15, 0.2) is 21.6 Å². The zero-order valence-electron chi connectivity index (χ0n) is 6.03. The van der Waals surface area contributed by atoms with Crippen LogP contribution in [-0.4, -0.2) is 31.4 Å². The van der Waals surface area contributed by atoms with Gasteiger partial charge < -0.3 is 5.73 Å². The molecule has 0 atom stereocenters. The summed E-state index contributed by atoms with van der Waals surface area (Å²) in [6.07, 6.45) is 4.61. The van der Waals surface area contributed by atoms with Crippen molar-refractivity contribution in [2.75, 3.05) is 13.1 Å². The Balaban J connectivity index is 2.81. The topological polar surface area (TPSA) is 67.8 Å². The smallest absolute Gasteiger partial charge is 0.250 e. The third kappa shape index (κ3) is 2.33. The molecule has 1 heterocycles. The van der Waals surface area contributed by atoms with Gasteiger partial charge in [0, 0.05) is 12.4 Å². The van der Waals surface area contributed by atoms with Gasteiger partial charge in [-0.15, -0.1) is 0 Å². The number of amides is 1. The van der Waals surface area contributed by atoms with E-state index in [-0.39, 0.29) is 0 Å². The van der Waals surface area contributed by atoms with Crippen molar-refractivity contribution in [3.8, 4) is 0 Å². The van der Waals surface area contributed by atoms with Crippen molar-refractivity contribution < 1.29 is 4.79 Å². The molecule has 1 aliphatic heterocycles. The van der Waals surface area contributed by atoms with Gasteiger partial charge in [0.1, 0.15) is 0 Å². The molecule has 0 bridgehead atoms. The third-order valence-corrected chi connectivity index (χ3v) is 1.23. The van der Waals surface area contributed by atoms with Gasteiger partial charge in [0.25, 0.3) is 0 Å². The van der Waals surface area contributed by atoms with Gasteiger partial charge in [0.05, 0.1) is 18.7 Å². The average Bonchev–Trinajstić information content (AvgIpc) is 1.84. The summed E-state index contributed by atoms with van der Waals surface area (Å²) < 4.78 is 0. The molecule has 0 aliphatic carbocycles. The molecule has 2 N–H and O–H groups in total. The second-order valence-corrected chi connectivity index (χ2v) is 2.08. The molecule has 11 heavy (non-hydrogen) atoms. The van der Waals surface area contributed by atoms with Gasteiger partial charge in [-0.25, -0.2) is 0 Å². The molecule has 0 fully saturated rings. The highest BCUT2D eigenvalue weighted by Crippen LogP contribution is 1.90. The number of rotatable bonds is 1. The third-order valence-electron chi connectivity index (χ3n) is 1.23. The van der Waals surface area contributed by atoms with E-state index in [1.165, 1.54) is 6.21 Å². The van der Waals surface area contributed by atoms with Crippen LogP contribution < -0.4 is 5.73 Å². The normalized spacial score (nSPS) is 16.9. The van der Waals surface area contributed by atoms with E-state index in [0.717, 1.165) is 0 Å². The zero-order chi connectivity index (χ0) is 8.10. The number of aliphatic imine (C=N–C) groups is 2. The Bertz CT molecular complexity index is 240. The van der Waals surface area contributed by atoms with Crippen LogP contribution in [0.4, 0.5) is 0 Å². The van der Waals surface area contributed by atoms with E-state index in [4.69, 9.17) is 5.73 Å². The molecule has 0 saturated carbocycles. The van der Waals surface area contributed by atoms with Crippen LogP contribution in [0.2, 0.25) is 0 Å². The Morgan fingerprint density at radius 3 is 2.91 bits per heavy atom. The standard InChI is InChI=1S/C7H9N3O/c8-7(11)6-1-2-9-3-4-10-5-6/h1-2,5H,3-4H2,(H2,8,11). The van der Waals surface area contributed by atoms with Crippen LogP contribution in [0, 0.1) is 0 Å². The van der Waals surface area contributed by atoms with E-state index in [2.05, 4.69) is 9.98 Å². The van der Waals surface area contributed by atoms with E-state index >= 15 is 0 Å². The van der Waals surface area contributed by atoms with Crippen molar-refractivity contribution >= 4 is 18.3 Å². The Morgan fingerprint density at radius 2 is 2.18 bits per heavy atom. The largest absolute Gasteiger partial charge is 0.366 e. The molecule has 58 valence electrons. The second kappa shape index (κ2) is 3.65. The maximum Gasteiger partial charge on any atom is 0.250 e. The molecular formula is C7H9N3O. The van der Waals surface area contributed by atoms with Crippen molar-refractivity contribution in [3.05, 3.63) is 11.6 Å². The van der Waals surface area contributed by atoms with Gasteiger partial charge in [-0.3, -0.25) is 14.8 Å². The first-order valence-electron chi connectivity index (χ1n) is 3.30. The van der Waals surface area contributed by atoms with Crippen molar-refractivity contribution in [1.29, 1.82) is 0 Å². The van der Waals surface area contributed by atoms with Gasteiger partial charge in [0.2, 0.25) is 5.91 Å². The van der Waals surface area contributed by atoms with E-state index in [9.17, 15) is 4.79 Å². The number of hydrogen-bond acceptors (Lipinski definition) is 3. The molecule has 1 aliphatic rings. The fraction of sp³-hybridized carbons (Fsp3) is 0.286. The lowest BCUT2D eigenvalue weighted by Gasteiger charge is -1.95. The summed E-state index contributed by atoms with van der Waals surface area (Å²) >= 11 is 0. The van der Waals surface area contributed by atoms with E-state index in [0.29, 0.717) is 18.7 Å². The molecule has 1 amide bonds. The van der Waals surface area contributed by atoms with E-state index in [1.54, 1.807) is 12.3 Å². The molecule has 0 saturated heterocycles. The van der Waals surface area contributed by atoms with Gasteiger partial charge >= 0.3 is 0 Å². The van der Waals surface area contributed by atoms with Crippen molar-refractivity contribution in [1.82, 2.24) is 0 Å². The summed E-state index contributed by atoms with van der Waals surface area (Å²) in [5, 5.41) is 0. The number of carbonyl (C=O) groups excluding carboxylic acids is 1. The maximum absolute atomic E-state index is 10.6. The van der Waals surface area contributed by atoms with Crippen LogP contribution in [0.25, 0.3) is 0 Å². The number of hydrogen-bond donors (Lipinski definition) is 1. The van der Waals surface area contributed by atoms with Gasteiger partial charge in [-0.2, -0.15) is 0 Å². The van der Waals surface area contributed by atoms with E-state index in [1.807, 2.05) is 0 Å². The van der Waals surface area contributed by atoms with Gasteiger partial charge in [-0.1, -0.05) is 0 Å². The summed E-state index contributed by atoms with van der Waals surface area (Å²) in [5.74, 6) is -0.470. The van der Waals surface area contributed by atoms with Crippen LogP contribution in [0.1, 0.15) is 0 Å². The molecule has 0 aromatic carbocycles. The first kappa shape index (κ1) is 7.65. The quantitative estimate of drug-likeness (QED) is 0.542. The molecule has 0 aromatic heterocycles. The van der Waals surface area contributed by atoms with Crippen molar-refractivity contribution in [2.24, 2.45) is 15.7 Å². The lowest BCUT2D eigenvalue weighted by Crippen LogP contribution is -2.15. The highest BCUT2D eigenvalue weighted by atomic mass is 16.1.